The van der Waals surface area contributed by atoms with Crippen LogP contribution in [0.25, 0.3) is 0 Å². The summed E-state index contributed by atoms with van der Waals surface area (Å²) in [6.45, 7) is -0.809. The molecule has 1 fully saturated rings. The predicted octanol–water partition coefficient (Wildman–Crippen LogP) is 3.20. The van der Waals surface area contributed by atoms with Gasteiger partial charge in [-0.15, -0.1) is 0 Å². The van der Waals surface area contributed by atoms with Gasteiger partial charge in [-0.1, -0.05) is 18.9 Å². The van der Waals surface area contributed by atoms with Gasteiger partial charge in [0.05, 0.1) is 7.11 Å². The molecule has 0 aromatic heterocycles. The average molecular weight is 388 g/mol. The van der Waals surface area contributed by atoms with E-state index in [2.05, 4.69) is 5.32 Å². The van der Waals surface area contributed by atoms with Gasteiger partial charge in [-0.3, -0.25) is 4.79 Å². The van der Waals surface area contributed by atoms with Crippen molar-refractivity contribution in [2.24, 2.45) is 11.7 Å². The third-order valence-electron chi connectivity index (χ3n) is 4.82. The Morgan fingerprint density at radius 2 is 2.00 bits per heavy atom. The van der Waals surface area contributed by atoms with Gasteiger partial charge in [-0.25, -0.2) is 0 Å². The summed E-state index contributed by atoms with van der Waals surface area (Å²) in [6.07, 6.45) is 0.573. The number of rotatable bonds is 8. The van der Waals surface area contributed by atoms with E-state index in [-0.39, 0.29) is 23.4 Å². The molecular formula is C19H27F3N2O3. The summed E-state index contributed by atoms with van der Waals surface area (Å²) in [4.78, 5) is 12.2. The predicted molar refractivity (Wildman–Crippen MR) is 95.8 cm³/mol. The van der Waals surface area contributed by atoms with Crippen LogP contribution in [0.1, 0.15) is 37.7 Å². The van der Waals surface area contributed by atoms with Crippen molar-refractivity contribution in [2.75, 3.05) is 20.3 Å². The number of carbonyl (C=O) groups excluding carboxylic acids is 1. The highest BCUT2D eigenvalue weighted by Crippen LogP contribution is 2.30. The van der Waals surface area contributed by atoms with Crippen molar-refractivity contribution >= 4 is 5.91 Å². The SMILES string of the molecule is COc1cc(CCC(=O)NC2CCCCC2CN)ccc1OCC(F)(F)F. The Kier molecular flexibility index (Phi) is 7.77. The third-order valence-corrected chi connectivity index (χ3v) is 4.82. The van der Waals surface area contributed by atoms with E-state index in [9.17, 15) is 18.0 Å². The Morgan fingerprint density at radius 3 is 2.67 bits per heavy atom. The molecule has 2 atom stereocenters. The molecule has 0 spiro atoms. The molecule has 0 saturated heterocycles. The Bertz CT molecular complexity index is 623. The smallest absolute Gasteiger partial charge is 0.422 e. The van der Waals surface area contributed by atoms with E-state index >= 15 is 0 Å². The van der Waals surface area contributed by atoms with Gasteiger partial charge >= 0.3 is 6.18 Å². The first-order valence-electron chi connectivity index (χ1n) is 9.18. The minimum Gasteiger partial charge on any atom is -0.493 e. The molecule has 0 aliphatic heterocycles. The molecule has 1 aromatic carbocycles. The van der Waals surface area contributed by atoms with Crippen LogP contribution in [-0.4, -0.2) is 38.4 Å². The number of nitrogens with one attached hydrogen (secondary N) is 1. The lowest BCUT2D eigenvalue weighted by Crippen LogP contribution is -2.44. The summed E-state index contributed by atoms with van der Waals surface area (Å²) in [6, 6.07) is 4.81. The summed E-state index contributed by atoms with van der Waals surface area (Å²) < 4.78 is 46.7. The van der Waals surface area contributed by atoms with Gasteiger partial charge in [0.15, 0.2) is 18.1 Å². The Morgan fingerprint density at radius 1 is 1.26 bits per heavy atom. The number of alkyl halides is 3. The lowest BCUT2D eigenvalue weighted by Gasteiger charge is -2.31. The van der Waals surface area contributed by atoms with E-state index in [0.29, 0.717) is 25.3 Å². The molecule has 2 rings (SSSR count). The number of aryl methyl sites for hydroxylation is 1. The van der Waals surface area contributed by atoms with Crippen LogP contribution in [0.3, 0.4) is 0 Å². The molecule has 1 saturated carbocycles. The molecule has 1 amide bonds. The number of amides is 1. The molecule has 2 unspecified atom stereocenters. The summed E-state index contributed by atoms with van der Waals surface area (Å²) in [5.74, 6) is 0.522. The van der Waals surface area contributed by atoms with Gasteiger partial charge in [0.2, 0.25) is 5.91 Å². The fourth-order valence-electron chi connectivity index (χ4n) is 3.36. The summed E-state index contributed by atoms with van der Waals surface area (Å²) in [5.41, 5.74) is 6.58. The second-order valence-electron chi connectivity index (χ2n) is 6.84. The van der Waals surface area contributed by atoms with Crippen LogP contribution in [-0.2, 0) is 11.2 Å². The molecular weight excluding hydrogens is 361 g/mol. The summed E-state index contributed by atoms with van der Waals surface area (Å²) in [7, 11) is 1.36. The van der Waals surface area contributed by atoms with Crippen molar-refractivity contribution in [2.45, 2.75) is 50.7 Å². The van der Waals surface area contributed by atoms with Crippen molar-refractivity contribution in [3.63, 3.8) is 0 Å². The third kappa shape index (κ3) is 6.93. The zero-order valence-corrected chi connectivity index (χ0v) is 15.5. The van der Waals surface area contributed by atoms with E-state index < -0.39 is 12.8 Å². The van der Waals surface area contributed by atoms with E-state index in [4.69, 9.17) is 15.2 Å². The minimum absolute atomic E-state index is 0.0241. The maximum Gasteiger partial charge on any atom is 0.422 e. The van der Waals surface area contributed by atoms with Crippen LogP contribution in [0.2, 0.25) is 0 Å². The molecule has 1 aliphatic carbocycles. The molecule has 27 heavy (non-hydrogen) atoms. The molecule has 0 bridgehead atoms. The van der Waals surface area contributed by atoms with Crippen molar-refractivity contribution < 1.29 is 27.4 Å². The zero-order valence-electron chi connectivity index (χ0n) is 15.5. The van der Waals surface area contributed by atoms with Crippen LogP contribution in [0.5, 0.6) is 11.5 Å². The second-order valence-corrected chi connectivity index (χ2v) is 6.84. The van der Waals surface area contributed by atoms with Crippen LogP contribution in [0.4, 0.5) is 13.2 Å². The first-order chi connectivity index (χ1) is 12.8. The van der Waals surface area contributed by atoms with Gasteiger partial charge in [-0.05, 0) is 49.4 Å². The molecule has 0 radical (unpaired) electrons. The quantitative estimate of drug-likeness (QED) is 0.717. The Balaban J connectivity index is 1.88. The summed E-state index contributed by atoms with van der Waals surface area (Å²) in [5, 5.41) is 3.07. The molecule has 152 valence electrons. The van der Waals surface area contributed by atoms with Crippen LogP contribution >= 0.6 is 0 Å². The van der Waals surface area contributed by atoms with Gasteiger partial charge in [0.25, 0.3) is 0 Å². The largest absolute Gasteiger partial charge is 0.493 e. The fraction of sp³-hybridized carbons (Fsp3) is 0.632. The number of ether oxygens (including phenoxy) is 2. The highest BCUT2D eigenvalue weighted by Gasteiger charge is 2.29. The lowest BCUT2D eigenvalue weighted by atomic mass is 9.84. The first kappa shape index (κ1) is 21.3. The van der Waals surface area contributed by atoms with Crippen molar-refractivity contribution in [3.05, 3.63) is 23.8 Å². The molecule has 1 aliphatic rings. The van der Waals surface area contributed by atoms with Crippen LogP contribution in [0, 0.1) is 5.92 Å². The first-order valence-corrected chi connectivity index (χ1v) is 9.18. The number of hydrogen-bond donors (Lipinski definition) is 2. The number of nitrogens with two attached hydrogens (primary N) is 1. The maximum absolute atomic E-state index is 12.3. The van der Waals surface area contributed by atoms with E-state index in [1.807, 2.05) is 0 Å². The number of halogens is 3. The molecule has 3 N–H and O–H groups in total. The molecule has 1 aromatic rings. The molecule has 5 nitrogen and oxygen atoms in total. The highest BCUT2D eigenvalue weighted by molar-refractivity contribution is 5.76. The number of methoxy groups -OCH3 is 1. The van der Waals surface area contributed by atoms with Gasteiger partial charge in [0, 0.05) is 12.5 Å². The number of benzene rings is 1. The Hall–Kier alpha value is -1.96. The van der Waals surface area contributed by atoms with Crippen molar-refractivity contribution in [1.82, 2.24) is 5.32 Å². The van der Waals surface area contributed by atoms with Crippen LogP contribution < -0.4 is 20.5 Å². The van der Waals surface area contributed by atoms with Crippen molar-refractivity contribution in [1.29, 1.82) is 0 Å². The van der Waals surface area contributed by atoms with Gasteiger partial charge in [-0.2, -0.15) is 13.2 Å². The van der Waals surface area contributed by atoms with Gasteiger partial charge < -0.3 is 20.5 Å². The maximum atomic E-state index is 12.3. The van der Waals surface area contributed by atoms with E-state index in [1.54, 1.807) is 12.1 Å². The zero-order chi connectivity index (χ0) is 19.9. The van der Waals surface area contributed by atoms with E-state index in [1.165, 1.54) is 13.2 Å². The van der Waals surface area contributed by atoms with Crippen molar-refractivity contribution in [3.8, 4) is 11.5 Å². The molecule has 8 heteroatoms. The normalized spacial score (nSPS) is 20.2. The summed E-state index contributed by atoms with van der Waals surface area (Å²) >= 11 is 0. The average Bonchev–Trinajstić information content (AvgIpc) is 2.64. The highest BCUT2D eigenvalue weighted by atomic mass is 19.4. The number of hydrogen-bond acceptors (Lipinski definition) is 4. The minimum atomic E-state index is -4.41. The monoisotopic (exact) mass is 388 g/mol. The molecule has 0 heterocycles. The van der Waals surface area contributed by atoms with E-state index in [0.717, 1.165) is 31.2 Å². The Labute approximate surface area is 157 Å². The fourth-order valence-corrected chi connectivity index (χ4v) is 3.36. The van der Waals surface area contributed by atoms with Gasteiger partial charge in [0.1, 0.15) is 0 Å². The number of carbonyl (C=O) groups is 1. The lowest BCUT2D eigenvalue weighted by molar-refractivity contribution is -0.153. The second kappa shape index (κ2) is 9.82. The standard InChI is InChI=1S/C19H27F3N2O3/c1-26-17-10-13(6-8-16(17)27-12-19(20,21)22)7-9-18(25)24-15-5-3-2-4-14(15)11-23/h6,8,10,14-15H,2-5,7,9,11-12,23H2,1H3,(H,24,25). The topological polar surface area (TPSA) is 73.6 Å². The van der Waals surface area contributed by atoms with Crippen LogP contribution in [0.15, 0.2) is 18.2 Å².